The lowest BCUT2D eigenvalue weighted by Gasteiger charge is -2.13. The van der Waals surface area contributed by atoms with Crippen LogP contribution in [0.2, 0.25) is 0 Å². The van der Waals surface area contributed by atoms with Crippen LogP contribution in [0.25, 0.3) is 5.57 Å². The van der Waals surface area contributed by atoms with Gasteiger partial charge in [0, 0.05) is 21.0 Å². The Hall–Kier alpha value is -1.78. The van der Waals surface area contributed by atoms with E-state index in [1.807, 2.05) is 36.6 Å². The molecule has 0 spiro atoms. The van der Waals surface area contributed by atoms with Crippen LogP contribution in [0.15, 0.2) is 30.3 Å². The van der Waals surface area contributed by atoms with Gasteiger partial charge in [0.1, 0.15) is 5.75 Å². The summed E-state index contributed by atoms with van der Waals surface area (Å²) >= 11 is 1.86. The number of hydrogen-bond donors (Lipinski definition) is 2. The third-order valence-corrected chi connectivity index (χ3v) is 5.70. The topological polar surface area (TPSA) is 47.3 Å². The summed E-state index contributed by atoms with van der Waals surface area (Å²) in [6.45, 7) is 2.98. The van der Waals surface area contributed by atoms with Gasteiger partial charge in [0.2, 0.25) is 0 Å². The van der Waals surface area contributed by atoms with Crippen molar-refractivity contribution in [2.45, 2.75) is 25.8 Å². The summed E-state index contributed by atoms with van der Waals surface area (Å²) in [7, 11) is 2.01. The first-order chi connectivity index (χ1) is 11.2. The molecular weight excluding hydrogens is 304 g/mol. The Bertz CT molecular complexity index is 774. The molecule has 0 aliphatic heterocycles. The molecule has 0 amide bonds. The van der Waals surface area contributed by atoms with Crippen LogP contribution in [0.1, 0.15) is 39.8 Å². The van der Waals surface area contributed by atoms with Crippen molar-refractivity contribution in [3.8, 4) is 5.75 Å². The van der Waals surface area contributed by atoms with E-state index in [1.165, 1.54) is 33.7 Å². The van der Waals surface area contributed by atoms with Gasteiger partial charge in [0.15, 0.2) is 0 Å². The van der Waals surface area contributed by atoms with E-state index in [9.17, 15) is 0 Å². The molecule has 2 aliphatic rings. The van der Waals surface area contributed by atoms with Crippen molar-refractivity contribution in [1.29, 1.82) is 0 Å². The minimum Gasteiger partial charge on any atom is -0.493 e. The number of likely N-dealkylation sites (N-methyl/N-ethyl adjacent to an activating group) is 1. The molecule has 1 saturated carbocycles. The number of thiophene rings is 1. The molecule has 4 heteroatoms. The van der Waals surface area contributed by atoms with Crippen LogP contribution in [0.5, 0.6) is 5.75 Å². The Morgan fingerprint density at radius 3 is 2.83 bits per heavy atom. The number of nitrogens with one attached hydrogen (secondary N) is 1. The normalized spacial score (nSPS) is 19.6. The van der Waals surface area contributed by atoms with Gasteiger partial charge in [-0.05, 0) is 68.1 Å². The Balaban J connectivity index is 1.75. The molecular formula is C19H22N2OS. The van der Waals surface area contributed by atoms with Crippen molar-refractivity contribution >= 4 is 22.6 Å². The number of aryl methyl sites for hydroxylation is 1. The largest absolute Gasteiger partial charge is 0.493 e. The summed E-state index contributed by atoms with van der Waals surface area (Å²) in [5.74, 6) is 1.69. The Morgan fingerprint density at radius 2 is 2.09 bits per heavy atom. The van der Waals surface area contributed by atoms with Crippen molar-refractivity contribution in [1.82, 2.24) is 5.32 Å². The fourth-order valence-corrected chi connectivity index (χ4v) is 4.25. The van der Waals surface area contributed by atoms with Gasteiger partial charge in [-0.3, -0.25) is 0 Å². The molecule has 1 heterocycles. The smallest absolute Gasteiger partial charge is 0.127 e. The Morgan fingerprint density at radius 1 is 1.26 bits per heavy atom. The minimum absolute atomic E-state index is 0.274. The van der Waals surface area contributed by atoms with Crippen LogP contribution < -0.4 is 15.8 Å². The molecule has 4 rings (SSSR count). The first-order valence-corrected chi connectivity index (χ1v) is 9.00. The maximum Gasteiger partial charge on any atom is 0.127 e. The second-order valence-electron chi connectivity index (χ2n) is 6.49. The second-order valence-corrected chi connectivity index (χ2v) is 7.78. The number of nitrogens with two attached hydrogens (primary N) is 1. The summed E-state index contributed by atoms with van der Waals surface area (Å²) in [6.07, 6.45) is 4.88. The first kappa shape index (κ1) is 14.8. The van der Waals surface area contributed by atoms with Gasteiger partial charge in [0.05, 0.1) is 12.6 Å². The highest BCUT2D eigenvalue weighted by molar-refractivity contribution is 7.12. The monoisotopic (exact) mass is 326 g/mol. The fraction of sp³-hybridized carbons (Fsp3) is 0.368. The van der Waals surface area contributed by atoms with E-state index >= 15 is 0 Å². The lowest BCUT2D eigenvalue weighted by atomic mass is 10.0. The molecule has 0 radical (unpaired) electrons. The van der Waals surface area contributed by atoms with Crippen molar-refractivity contribution in [2.24, 2.45) is 5.92 Å². The summed E-state index contributed by atoms with van der Waals surface area (Å²) < 4.78 is 6.11. The zero-order chi connectivity index (χ0) is 16.0. The van der Waals surface area contributed by atoms with E-state index in [0.29, 0.717) is 0 Å². The average Bonchev–Trinajstić information content (AvgIpc) is 3.20. The van der Waals surface area contributed by atoms with Gasteiger partial charge < -0.3 is 15.8 Å². The maximum absolute atomic E-state index is 6.11. The second kappa shape index (κ2) is 5.69. The standard InChI is InChI=1S/C19H22N2OS/c1-11-7-16-14(9-17(21-2)19(16)23-11)15-8-13(20)5-6-18(15)22-10-12-3-4-12/h5-9,12,17,21H,3-4,10,20H2,1-2H3. The van der Waals surface area contributed by atoms with Crippen molar-refractivity contribution in [3.05, 3.63) is 51.2 Å². The highest BCUT2D eigenvalue weighted by atomic mass is 32.1. The number of hydrogen-bond acceptors (Lipinski definition) is 4. The maximum atomic E-state index is 6.11. The molecule has 1 aromatic carbocycles. The molecule has 0 bridgehead atoms. The summed E-state index contributed by atoms with van der Waals surface area (Å²) in [5.41, 5.74) is 10.5. The van der Waals surface area contributed by atoms with Crippen LogP contribution in [-0.4, -0.2) is 13.7 Å². The van der Waals surface area contributed by atoms with Gasteiger partial charge in [0.25, 0.3) is 0 Å². The molecule has 23 heavy (non-hydrogen) atoms. The van der Waals surface area contributed by atoms with E-state index in [-0.39, 0.29) is 6.04 Å². The zero-order valence-corrected chi connectivity index (χ0v) is 14.4. The highest BCUT2D eigenvalue weighted by Crippen LogP contribution is 2.45. The molecule has 1 aromatic heterocycles. The quantitative estimate of drug-likeness (QED) is 0.812. The molecule has 2 aromatic rings. The van der Waals surface area contributed by atoms with E-state index in [0.717, 1.165) is 29.5 Å². The van der Waals surface area contributed by atoms with Gasteiger partial charge in [-0.1, -0.05) is 6.08 Å². The van der Waals surface area contributed by atoms with E-state index in [1.54, 1.807) is 0 Å². The Labute approximate surface area is 141 Å². The van der Waals surface area contributed by atoms with Gasteiger partial charge in [-0.2, -0.15) is 0 Å². The Kier molecular flexibility index (Phi) is 3.66. The summed E-state index contributed by atoms with van der Waals surface area (Å²) in [4.78, 5) is 2.72. The lowest BCUT2D eigenvalue weighted by molar-refractivity contribution is 0.299. The molecule has 2 aliphatic carbocycles. The molecule has 3 N–H and O–H groups in total. The van der Waals surface area contributed by atoms with Crippen LogP contribution in [-0.2, 0) is 0 Å². The predicted octanol–water partition coefficient (Wildman–Crippen LogP) is 4.13. The average molecular weight is 326 g/mol. The third-order valence-electron chi connectivity index (χ3n) is 4.57. The van der Waals surface area contributed by atoms with Crippen molar-refractivity contribution in [2.75, 3.05) is 19.4 Å². The van der Waals surface area contributed by atoms with Gasteiger partial charge in [-0.25, -0.2) is 0 Å². The minimum atomic E-state index is 0.274. The molecule has 3 nitrogen and oxygen atoms in total. The number of fused-ring (bicyclic) bond motifs is 1. The summed E-state index contributed by atoms with van der Waals surface area (Å²) in [6, 6.07) is 8.53. The van der Waals surface area contributed by atoms with E-state index < -0.39 is 0 Å². The molecule has 0 saturated heterocycles. The zero-order valence-electron chi connectivity index (χ0n) is 13.6. The van der Waals surface area contributed by atoms with E-state index in [4.69, 9.17) is 10.5 Å². The number of ether oxygens (including phenoxy) is 1. The number of benzene rings is 1. The highest BCUT2D eigenvalue weighted by Gasteiger charge is 2.28. The number of anilines is 1. The predicted molar refractivity (Wildman–Crippen MR) is 97.0 cm³/mol. The molecule has 1 fully saturated rings. The molecule has 1 atom stereocenters. The van der Waals surface area contributed by atoms with Gasteiger partial charge in [-0.15, -0.1) is 11.3 Å². The van der Waals surface area contributed by atoms with Crippen LogP contribution in [0.3, 0.4) is 0 Å². The third kappa shape index (κ3) is 2.77. The molecule has 1 unspecified atom stereocenters. The SMILES string of the molecule is CNC1C=C(c2cc(N)ccc2OCC2CC2)c2cc(C)sc21. The molecule has 120 valence electrons. The number of nitrogen functional groups attached to an aromatic ring is 1. The summed E-state index contributed by atoms with van der Waals surface area (Å²) in [5, 5.41) is 3.39. The fourth-order valence-electron chi connectivity index (χ4n) is 3.13. The van der Waals surface area contributed by atoms with Crippen molar-refractivity contribution < 1.29 is 4.74 Å². The van der Waals surface area contributed by atoms with Crippen LogP contribution in [0.4, 0.5) is 5.69 Å². The lowest BCUT2D eigenvalue weighted by Crippen LogP contribution is -2.10. The van der Waals surface area contributed by atoms with Crippen LogP contribution >= 0.6 is 11.3 Å². The first-order valence-electron chi connectivity index (χ1n) is 8.18. The van der Waals surface area contributed by atoms with Gasteiger partial charge >= 0.3 is 0 Å². The number of rotatable bonds is 5. The van der Waals surface area contributed by atoms with Crippen molar-refractivity contribution in [3.63, 3.8) is 0 Å². The van der Waals surface area contributed by atoms with Crippen LogP contribution in [0, 0.1) is 12.8 Å². The van der Waals surface area contributed by atoms with E-state index in [2.05, 4.69) is 24.4 Å².